The second kappa shape index (κ2) is 6.37. The van der Waals surface area contributed by atoms with E-state index in [2.05, 4.69) is 0 Å². The van der Waals surface area contributed by atoms with Crippen molar-refractivity contribution in [3.05, 3.63) is 64.2 Å². The molecule has 0 heterocycles. The van der Waals surface area contributed by atoms with Crippen LogP contribution in [0.2, 0.25) is 5.02 Å². The van der Waals surface area contributed by atoms with E-state index in [0.29, 0.717) is 5.02 Å². The number of hydrogen-bond donors (Lipinski definition) is 1. The minimum absolute atomic E-state index is 0.0394. The van der Waals surface area contributed by atoms with Gasteiger partial charge in [0.25, 0.3) is 0 Å². The smallest absolute Gasteiger partial charge is 0.416 e. The molecule has 0 unspecified atom stereocenters. The minimum Gasteiger partial charge on any atom is -0.489 e. The topological polar surface area (TPSA) is 35.2 Å². The highest BCUT2D eigenvalue weighted by Crippen LogP contribution is 2.34. The van der Waals surface area contributed by atoms with E-state index in [1.807, 2.05) is 0 Å². The lowest BCUT2D eigenvalue weighted by atomic mass is 10.1. The molecule has 2 nitrogen and oxygen atoms in total. The van der Waals surface area contributed by atoms with Crippen LogP contribution in [-0.4, -0.2) is 0 Å². The summed E-state index contributed by atoms with van der Waals surface area (Å²) >= 11 is 5.83. The van der Waals surface area contributed by atoms with Gasteiger partial charge < -0.3 is 10.5 Å². The normalized spacial score (nSPS) is 11.5. The highest BCUT2D eigenvalue weighted by atomic mass is 35.5. The van der Waals surface area contributed by atoms with Crippen LogP contribution < -0.4 is 10.5 Å². The van der Waals surface area contributed by atoms with Crippen LogP contribution in [0, 0.1) is 0 Å². The fourth-order valence-corrected chi connectivity index (χ4v) is 2.09. The van der Waals surface area contributed by atoms with Gasteiger partial charge in [0, 0.05) is 11.6 Å². The van der Waals surface area contributed by atoms with Gasteiger partial charge >= 0.3 is 6.18 Å². The molecule has 0 saturated carbocycles. The number of hydrogen-bond acceptors (Lipinski definition) is 2. The third kappa shape index (κ3) is 4.12. The van der Waals surface area contributed by atoms with Crippen molar-refractivity contribution in [1.82, 2.24) is 0 Å². The molecule has 0 aliphatic heterocycles. The molecule has 2 aromatic carbocycles. The first-order chi connectivity index (χ1) is 9.90. The van der Waals surface area contributed by atoms with Gasteiger partial charge in [-0.1, -0.05) is 29.8 Å². The Hall–Kier alpha value is -1.72. The maximum absolute atomic E-state index is 12.9. The largest absolute Gasteiger partial charge is 0.489 e. The predicted octanol–water partition coefficient (Wildman–Crippen LogP) is 4.40. The van der Waals surface area contributed by atoms with E-state index in [1.165, 1.54) is 12.1 Å². The molecule has 2 aromatic rings. The van der Waals surface area contributed by atoms with Crippen LogP contribution in [-0.2, 0) is 19.3 Å². The van der Waals surface area contributed by atoms with Gasteiger partial charge in [-0.25, -0.2) is 0 Å². The molecule has 2 N–H and O–H groups in total. The van der Waals surface area contributed by atoms with E-state index in [0.717, 1.165) is 11.6 Å². The van der Waals surface area contributed by atoms with Gasteiger partial charge in [0.05, 0.1) is 5.56 Å². The number of ether oxygens (including phenoxy) is 1. The first-order valence-corrected chi connectivity index (χ1v) is 6.55. The molecule has 6 heteroatoms. The van der Waals surface area contributed by atoms with Crippen molar-refractivity contribution in [2.45, 2.75) is 19.3 Å². The summed E-state index contributed by atoms with van der Waals surface area (Å²) in [5.74, 6) is 0.138. The summed E-state index contributed by atoms with van der Waals surface area (Å²) in [5.41, 5.74) is 5.37. The molecular formula is C15H13ClF3NO. The summed E-state index contributed by atoms with van der Waals surface area (Å²) in [6.45, 7) is -0.0384. The number of nitrogens with two attached hydrogens (primary N) is 1. The molecule has 0 fully saturated rings. The molecule has 21 heavy (non-hydrogen) atoms. The average molecular weight is 316 g/mol. The van der Waals surface area contributed by atoms with Crippen LogP contribution in [0.15, 0.2) is 42.5 Å². The van der Waals surface area contributed by atoms with Gasteiger partial charge in [-0.3, -0.25) is 0 Å². The Morgan fingerprint density at radius 2 is 1.86 bits per heavy atom. The number of halogens is 4. The van der Waals surface area contributed by atoms with E-state index >= 15 is 0 Å². The van der Waals surface area contributed by atoms with E-state index in [4.69, 9.17) is 22.1 Å². The van der Waals surface area contributed by atoms with Gasteiger partial charge in [-0.15, -0.1) is 0 Å². The lowest BCUT2D eigenvalue weighted by molar-refractivity contribution is -0.138. The lowest BCUT2D eigenvalue weighted by Crippen LogP contribution is -2.12. The standard InChI is InChI=1S/C15H13ClF3NO/c16-12-3-1-2-10(6-12)9-21-13-5-4-11(8-20)14(7-13)15(17,18)19/h1-7H,8-9,20H2. The number of rotatable bonds is 4. The molecular weight excluding hydrogens is 303 g/mol. The molecule has 0 aliphatic rings. The van der Waals surface area contributed by atoms with Crippen molar-refractivity contribution in [3.8, 4) is 5.75 Å². The van der Waals surface area contributed by atoms with Crippen LogP contribution >= 0.6 is 11.6 Å². The van der Waals surface area contributed by atoms with E-state index in [9.17, 15) is 13.2 Å². The second-order valence-electron chi connectivity index (χ2n) is 4.44. The Labute approximate surface area is 125 Å². The first-order valence-electron chi connectivity index (χ1n) is 6.17. The van der Waals surface area contributed by atoms with E-state index in [-0.39, 0.29) is 24.5 Å². The SMILES string of the molecule is NCc1ccc(OCc2cccc(Cl)c2)cc1C(F)(F)F. The predicted molar refractivity (Wildman–Crippen MR) is 75.1 cm³/mol. The van der Waals surface area contributed by atoms with Crippen LogP contribution in [0.1, 0.15) is 16.7 Å². The van der Waals surface area contributed by atoms with Gasteiger partial charge in [-0.05, 0) is 35.4 Å². The van der Waals surface area contributed by atoms with Crippen molar-refractivity contribution >= 4 is 11.6 Å². The summed E-state index contributed by atoms with van der Waals surface area (Å²) in [6.07, 6.45) is -4.45. The molecule has 0 atom stereocenters. The van der Waals surface area contributed by atoms with Crippen LogP contribution in [0.5, 0.6) is 5.75 Å². The summed E-state index contributed by atoms with van der Waals surface area (Å²) < 4.78 is 44.1. The van der Waals surface area contributed by atoms with Crippen molar-refractivity contribution in [2.75, 3.05) is 0 Å². The quantitative estimate of drug-likeness (QED) is 0.907. The molecule has 112 valence electrons. The first kappa shape index (κ1) is 15.7. The maximum Gasteiger partial charge on any atom is 0.416 e. The zero-order valence-corrected chi connectivity index (χ0v) is 11.7. The van der Waals surface area contributed by atoms with Gasteiger partial charge in [0.1, 0.15) is 12.4 Å². The Balaban J connectivity index is 2.18. The van der Waals surface area contributed by atoms with E-state index < -0.39 is 11.7 Å². The highest BCUT2D eigenvalue weighted by Gasteiger charge is 2.33. The Morgan fingerprint density at radius 3 is 2.48 bits per heavy atom. The zero-order valence-electron chi connectivity index (χ0n) is 11.0. The average Bonchev–Trinajstić information content (AvgIpc) is 2.44. The third-order valence-electron chi connectivity index (χ3n) is 2.90. The molecule has 0 aromatic heterocycles. The second-order valence-corrected chi connectivity index (χ2v) is 4.88. The fraction of sp³-hybridized carbons (Fsp3) is 0.200. The Morgan fingerprint density at radius 1 is 1.10 bits per heavy atom. The van der Waals surface area contributed by atoms with Crippen LogP contribution in [0.3, 0.4) is 0 Å². The lowest BCUT2D eigenvalue weighted by Gasteiger charge is -2.14. The maximum atomic E-state index is 12.9. The molecule has 0 radical (unpaired) electrons. The molecule has 0 bridgehead atoms. The number of benzene rings is 2. The highest BCUT2D eigenvalue weighted by molar-refractivity contribution is 6.30. The van der Waals surface area contributed by atoms with Crippen LogP contribution in [0.4, 0.5) is 13.2 Å². The van der Waals surface area contributed by atoms with Crippen LogP contribution in [0.25, 0.3) is 0 Å². The summed E-state index contributed by atoms with van der Waals surface area (Å²) in [6, 6.07) is 10.7. The summed E-state index contributed by atoms with van der Waals surface area (Å²) in [4.78, 5) is 0. The molecule has 0 aliphatic carbocycles. The molecule has 0 spiro atoms. The summed E-state index contributed by atoms with van der Waals surface area (Å²) in [5, 5.41) is 0.547. The van der Waals surface area contributed by atoms with E-state index in [1.54, 1.807) is 24.3 Å². The monoisotopic (exact) mass is 315 g/mol. The van der Waals surface area contributed by atoms with Gasteiger partial charge in [0.2, 0.25) is 0 Å². The Bertz CT molecular complexity index is 629. The minimum atomic E-state index is -4.45. The number of alkyl halides is 3. The Kier molecular flexibility index (Phi) is 4.75. The van der Waals surface area contributed by atoms with Crippen molar-refractivity contribution in [2.24, 2.45) is 5.73 Å². The zero-order chi connectivity index (χ0) is 15.5. The summed E-state index contributed by atoms with van der Waals surface area (Å²) in [7, 11) is 0. The van der Waals surface area contributed by atoms with Gasteiger partial charge in [-0.2, -0.15) is 13.2 Å². The van der Waals surface area contributed by atoms with Crippen molar-refractivity contribution in [3.63, 3.8) is 0 Å². The fourth-order valence-electron chi connectivity index (χ4n) is 1.88. The molecule has 2 rings (SSSR count). The van der Waals surface area contributed by atoms with Crippen molar-refractivity contribution in [1.29, 1.82) is 0 Å². The molecule has 0 amide bonds. The third-order valence-corrected chi connectivity index (χ3v) is 3.14. The molecule has 0 saturated heterocycles. The van der Waals surface area contributed by atoms with Crippen molar-refractivity contribution < 1.29 is 17.9 Å². The van der Waals surface area contributed by atoms with Gasteiger partial charge in [0.15, 0.2) is 0 Å².